The first-order valence-corrected chi connectivity index (χ1v) is 12.1. The number of nitrogens with zero attached hydrogens (tertiary/aromatic N) is 2. The molecule has 204 valence electrons. The molecule has 4 rings (SSSR count). The van der Waals surface area contributed by atoms with Crippen molar-refractivity contribution in [3.05, 3.63) is 106 Å². The van der Waals surface area contributed by atoms with E-state index in [0.717, 1.165) is 24.4 Å². The molecule has 0 aliphatic carbocycles. The van der Waals surface area contributed by atoms with E-state index >= 15 is 0 Å². The molecule has 0 spiro atoms. The van der Waals surface area contributed by atoms with E-state index in [0.29, 0.717) is 35.2 Å². The van der Waals surface area contributed by atoms with Gasteiger partial charge in [-0.3, -0.25) is 14.8 Å². The number of alkyl halides is 6. The number of para-hydroxylation sites is 1. The van der Waals surface area contributed by atoms with Crippen LogP contribution in [0.25, 0.3) is 10.9 Å². The fourth-order valence-electron chi connectivity index (χ4n) is 4.56. The number of rotatable bonds is 7. The normalized spacial score (nSPS) is 13.2. The van der Waals surface area contributed by atoms with Crippen LogP contribution in [-0.2, 0) is 18.8 Å². The number of halogens is 7. The molecule has 1 atom stereocenters. The molecule has 2 aromatic heterocycles. The van der Waals surface area contributed by atoms with Gasteiger partial charge in [0.1, 0.15) is 5.82 Å². The Bertz CT molecular complexity index is 1510. The monoisotopic (exact) mass is 548 g/mol. The summed E-state index contributed by atoms with van der Waals surface area (Å²) in [6.45, 7) is 3.93. The van der Waals surface area contributed by atoms with Crippen molar-refractivity contribution in [2.45, 2.75) is 45.0 Å². The topological polar surface area (TPSA) is 42.9 Å². The lowest BCUT2D eigenvalue weighted by Crippen LogP contribution is -2.18. The Morgan fingerprint density at radius 3 is 2.21 bits per heavy atom. The van der Waals surface area contributed by atoms with E-state index in [9.17, 15) is 35.5 Å². The van der Waals surface area contributed by atoms with Gasteiger partial charge in [-0.05, 0) is 54.3 Å². The second-order valence-corrected chi connectivity index (χ2v) is 9.63. The molecule has 0 N–H and O–H groups in total. The molecule has 0 saturated heterocycles. The maximum Gasteiger partial charge on any atom is 0.419 e. The first-order chi connectivity index (χ1) is 18.3. The first kappa shape index (κ1) is 28.2. The van der Waals surface area contributed by atoms with E-state index in [1.165, 1.54) is 0 Å². The van der Waals surface area contributed by atoms with Crippen LogP contribution in [0.4, 0.5) is 30.7 Å². The third-order valence-electron chi connectivity index (χ3n) is 6.25. The summed E-state index contributed by atoms with van der Waals surface area (Å²) in [5.41, 5.74) is -2.21. The van der Waals surface area contributed by atoms with Crippen LogP contribution in [0.15, 0.2) is 66.9 Å². The Morgan fingerprint density at radius 2 is 1.56 bits per heavy atom. The number of carbonyl (C=O) groups excluding carboxylic acids is 1. The average molecular weight is 549 g/mol. The fourth-order valence-corrected chi connectivity index (χ4v) is 4.56. The average Bonchev–Trinajstić information content (AvgIpc) is 2.85. The van der Waals surface area contributed by atoms with Crippen molar-refractivity contribution >= 4 is 16.7 Å². The number of aromatic nitrogens is 2. The molecule has 0 amide bonds. The highest BCUT2D eigenvalue weighted by molar-refractivity contribution is 6.07. The molecule has 0 radical (unpaired) electrons. The van der Waals surface area contributed by atoms with E-state index in [-0.39, 0.29) is 17.0 Å². The van der Waals surface area contributed by atoms with Gasteiger partial charge in [0.05, 0.1) is 22.3 Å². The van der Waals surface area contributed by atoms with Crippen molar-refractivity contribution in [2.24, 2.45) is 5.92 Å². The molecule has 0 aliphatic heterocycles. The van der Waals surface area contributed by atoms with Crippen LogP contribution in [0.2, 0.25) is 0 Å². The summed E-state index contributed by atoms with van der Waals surface area (Å²) in [5.74, 6) is -3.52. The lowest BCUT2D eigenvalue weighted by molar-refractivity contribution is -0.140. The Morgan fingerprint density at radius 1 is 0.872 bits per heavy atom. The van der Waals surface area contributed by atoms with Gasteiger partial charge in [0, 0.05) is 35.2 Å². The SMILES string of the molecule is CC(C)Cc1cc(C(=O)C[C@@H](c2ccc(C(F)(F)F)c(F)c2)c2ncccc2C(F)(F)F)c2ccccc2n1. The van der Waals surface area contributed by atoms with Gasteiger partial charge in [-0.15, -0.1) is 0 Å². The lowest BCUT2D eigenvalue weighted by atomic mass is 9.85. The van der Waals surface area contributed by atoms with Crippen molar-refractivity contribution in [1.29, 1.82) is 0 Å². The number of hydrogen-bond acceptors (Lipinski definition) is 3. The van der Waals surface area contributed by atoms with Gasteiger partial charge in [-0.25, -0.2) is 4.39 Å². The molecule has 2 heterocycles. The second-order valence-electron chi connectivity index (χ2n) is 9.63. The van der Waals surface area contributed by atoms with Crippen LogP contribution in [0.3, 0.4) is 0 Å². The molecular formula is C29H23F7N2O. The summed E-state index contributed by atoms with van der Waals surface area (Å²) in [6.07, 6.45) is -8.84. The number of carbonyl (C=O) groups is 1. The van der Waals surface area contributed by atoms with Gasteiger partial charge in [0.15, 0.2) is 5.78 Å². The number of hydrogen-bond donors (Lipinski definition) is 0. The van der Waals surface area contributed by atoms with Crippen LogP contribution in [0, 0.1) is 11.7 Å². The Labute approximate surface area is 219 Å². The Hall–Kier alpha value is -3.82. The number of fused-ring (bicyclic) bond motifs is 1. The van der Waals surface area contributed by atoms with Crippen LogP contribution in [-0.4, -0.2) is 15.8 Å². The molecule has 0 fully saturated rings. The van der Waals surface area contributed by atoms with E-state index in [4.69, 9.17) is 0 Å². The van der Waals surface area contributed by atoms with Crippen molar-refractivity contribution < 1.29 is 35.5 Å². The summed E-state index contributed by atoms with van der Waals surface area (Å²) >= 11 is 0. The second kappa shape index (κ2) is 10.7. The van der Waals surface area contributed by atoms with Crippen molar-refractivity contribution in [3.8, 4) is 0 Å². The van der Waals surface area contributed by atoms with Gasteiger partial charge in [0.25, 0.3) is 0 Å². The Kier molecular flexibility index (Phi) is 7.77. The number of Topliss-reactive ketones (excluding diaryl/α,β-unsaturated/α-hetero) is 1. The smallest absolute Gasteiger partial charge is 0.294 e. The lowest BCUT2D eigenvalue weighted by Gasteiger charge is -2.22. The van der Waals surface area contributed by atoms with Crippen LogP contribution >= 0.6 is 0 Å². The highest BCUT2D eigenvalue weighted by Gasteiger charge is 2.38. The number of pyridine rings is 2. The van der Waals surface area contributed by atoms with E-state index in [1.54, 1.807) is 30.3 Å². The largest absolute Gasteiger partial charge is 0.419 e. The molecule has 0 aliphatic rings. The highest BCUT2D eigenvalue weighted by atomic mass is 19.4. The van der Waals surface area contributed by atoms with Gasteiger partial charge in [0.2, 0.25) is 0 Å². The maximum absolute atomic E-state index is 14.5. The van der Waals surface area contributed by atoms with E-state index in [1.807, 2.05) is 13.8 Å². The number of ketones is 1. The minimum absolute atomic E-state index is 0.201. The van der Waals surface area contributed by atoms with Crippen LogP contribution < -0.4 is 0 Å². The minimum atomic E-state index is -5.00. The molecule has 4 aromatic rings. The number of benzene rings is 2. The summed E-state index contributed by atoms with van der Waals surface area (Å²) < 4.78 is 95.8. The molecule has 10 heteroatoms. The third-order valence-corrected chi connectivity index (χ3v) is 6.25. The third kappa shape index (κ3) is 6.26. The highest BCUT2D eigenvalue weighted by Crippen LogP contribution is 2.40. The van der Waals surface area contributed by atoms with Gasteiger partial charge >= 0.3 is 12.4 Å². The Balaban J connectivity index is 1.87. The quantitative estimate of drug-likeness (QED) is 0.172. The summed E-state index contributed by atoms with van der Waals surface area (Å²) in [6, 6.07) is 12.1. The van der Waals surface area contributed by atoms with Gasteiger partial charge in [-0.1, -0.05) is 38.1 Å². The van der Waals surface area contributed by atoms with Crippen molar-refractivity contribution in [2.75, 3.05) is 0 Å². The molecule has 39 heavy (non-hydrogen) atoms. The molecule has 3 nitrogen and oxygen atoms in total. The van der Waals surface area contributed by atoms with E-state index < -0.39 is 53.1 Å². The maximum atomic E-state index is 14.5. The zero-order valence-corrected chi connectivity index (χ0v) is 20.9. The van der Waals surface area contributed by atoms with E-state index in [2.05, 4.69) is 9.97 Å². The van der Waals surface area contributed by atoms with Crippen molar-refractivity contribution in [1.82, 2.24) is 9.97 Å². The van der Waals surface area contributed by atoms with Crippen LogP contribution in [0.5, 0.6) is 0 Å². The van der Waals surface area contributed by atoms with Gasteiger partial charge < -0.3 is 0 Å². The van der Waals surface area contributed by atoms with Crippen molar-refractivity contribution in [3.63, 3.8) is 0 Å². The summed E-state index contributed by atoms with van der Waals surface area (Å²) in [7, 11) is 0. The summed E-state index contributed by atoms with van der Waals surface area (Å²) in [4.78, 5) is 22.1. The standard InChI is InChI=1S/C29H23F7N2O/c1-16(2)12-18-14-21(19-6-3-4-8-25(19)38-18)26(39)15-20(27-23(29(34,35)36)7-5-11-37-27)17-9-10-22(24(30)13-17)28(31,32)33/h3-11,13-14,16,20H,12,15H2,1-2H3/t20-/m0/s1. The molecule has 0 bridgehead atoms. The molecule has 0 saturated carbocycles. The zero-order chi connectivity index (χ0) is 28.5. The predicted molar refractivity (Wildman–Crippen MR) is 132 cm³/mol. The molecule has 0 unspecified atom stereocenters. The van der Waals surface area contributed by atoms with Crippen LogP contribution in [0.1, 0.15) is 64.6 Å². The summed E-state index contributed by atoms with van der Waals surface area (Å²) in [5, 5.41) is 0.476. The predicted octanol–water partition coefficient (Wildman–Crippen LogP) is 8.41. The zero-order valence-electron chi connectivity index (χ0n) is 20.9. The molecule has 2 aromatic carbocycles. The molecular weight excluding hydrogens is 525 g/mol. The minimum Gasteiger partial charge on any atom is -0.294 e. The van der Waals surface area contributed by atoms with Gasteiger partial charge in [-0.2, -0.15) is 26.3 Å². The first-order valence-electron chi connectivity index (χ1n) is 12.1. The fraction of sp³-hybridized carbons (Fsp3) is 0.276.